The molecule has 4 rings (SSSR count). The van der Waals surface area contributed by atoms with Gasteiger partial charge in [0.15, 0.2) is 0 Å². The van der Waals surface area contributed by atoms with Gasteiger partial charge in [-0.05, 0) is 111 Å². The van der Waals surface area contributed by atoms with E-state index in [4.69, 9.17) is 0 Å². The molecular weight excluding hydrogens is 380 g/mol. The summed E-state index contributed by atoms with van der Waals surface area (Å²) in [4.78, 5) is 0. The quantitative estimate of drug-likeness (QED) is 0.451. The van der Waals surface area contributed by atoms with E-state index in [9.17, 15) is 10.2 Å². The van der Waals surface area contributed by atoms with Gasteiger partial charge in [0.1, 0.15) is 0 Å². The highest BCUT2D eigenvalue weighted by atomic mass is 16.3. The lowest BCUT2D eigenvalue weighted by Crippen LogP contribution is -2.60. The molecule has 2 heteroatoms. The third-order valence-electron chi connectivity index (χ3n) is 11.1. The first-order valence-corrected chi connectivity index (χ1v) is 13.3. The van der Waals surface area contributed by atoms with Gasteiger partial charge >= 0.3 is 0 Å². The summed E-state index contributed by atoms with van der Waals surface area (Å²) < 4.78 is 0. The fourth-order valence-corrected chi connectivity index (χ4v) is 8.94. The van der Waals surface area contributed by atoms with E-state index in [1.54, 1.807) is 0 Å². The van der Waals surface area contributed by atoms with Gasteiger partial charge in [-0.1, -0.05) is 52.3 Å². The van der Waals surface area contributed by atoms with Gasteiger partial charge < -0.3 is 10.2 Å². The Hall–Kier alpha value is -0.600. The summed E-state index contributed by atoms with van der Waals surface area (Å²) in [6.45, 7) is 16.0. The average Bonchev–Trinajstić information content (AvgIpc) is 3.00. The maximum absolute atomic E-state index is 12.4. The molecule has 3 fully saturated rings. The smallest absolute Gasteiger partial charge is 0.0737 e. The van der Waals surface area contributed by atoms with Gasteiger partial charge in [-0.25, -0.2) is 0 Å². The van der Waals surface area contributed by atoms with E-state index in [1.165, 1.54) is 37.7 Å². The summed E-state index contributed by atoms with van der Waals surface area (Å²) >= 11 is 0. The SMILES string of the molecule is C=C[C@H](CC[C@@H](C)[C@H]1CC[C@@]2(O)C3CC=C4C[C@@H](O)CC[C@]4(C)C3CC[C@]12C)C(C)C. The zero-order valence-corrected chi connectivity index (χ0v) is 20.9. The van der Waals surface area contributed by atoms with Crippen molar-refractivity contribution in [2.75, 3.05) is 0 Å². The molecule has 0 radical (unpaired) electrons. The minimum absolute atomic E-state index is 0.0466. The van der Waals surface area contributed by atoms with Crippen LogP contribution in [-0.4, -0.2) is 21.9 Å². The van der Waals surface area contributed by atoms with E-state index in [2.05, 4.69) is 53.3 Å². The summed E-state index contributed by atoms with van der Waals surface area (Å²) in [6.07, 6.45) is 15.4. The Morgan fingerprint density at radius 2 is 1.81 bits per heavy atom. The molecule has 0 amide bonds. The van der Waals surface area contributed by atoms with Gasteiger partial charge in [-0.3, -0.25) is 0 Å². The molecule has 176 valence electrons. The third kappa shape index (κ3) is 3.59. The summed E-state index contributed by atoms with van der Waals surface area (Å²) in [5, 5.41) is 22.6. The lowest BCUT2D eigenvalue weighted by molar-refractivity contribution is -0.183. The molecule has 0 aromatic carbocycles. The molecule has 4 aliphatic rings. The van der Waals surface area contributed by atoms with E-state index < -0.39 is 5.60 Å². The Morgan fingerprint density at radius 3 is 2.48 bits per heavy atom. The van der Waals surface area contributed by atoms with E-state index >= 15 is 0 Å². The Morgan fingerprint density at radius 1 is 1.06 bits per heavy atom. The molecule has 9 atom stereocenters. The molecule has 2 nitrogen and oxygen atoms in total. The molecule has 0 aromatic heterocycles. The number of allylic oxidation sites excluding steroid dienone is 2. The fourth-order valence-electron chi connectivity index (χ4n) is 8.94. The number of hydrogen-bond acceptors (Lipinski definition) is 2. The Bertz CT molecular complexity index is 710. The first kappa shape index (κ1) is 23.6. The van der Waals surface area contributed by atoms with Crippen molar-refractivity contribution < 1.29 is 10.2 Å². The van der Waals surface area contributed by atoms with Crippen molar-refractivity contribution in [3.05, 3.63) is 24.3 Å². The van der Waals surface area contributed by atoms with Gasteiger partial charge in [0.2, 0.25) is 0 Å². The zero-order valence-electron chi connectivity index (χ0n) is 20.9. The number of aliphatic hydroxyl groups excluding tert-OH is 1. The van der Waals surface area contributed by atoms with Gasteiger partial charge in [-0.2, -0.15) is 0 Å². The molecule has 31 heavy (non-hydrogen) atoms. The van der Waals surface area contributed by atoms with Crippen LogP contribution in [0.3, 0.4) is 0 Å². The van der Waals surface area contributed by atoms with E-state index in [0.717, 1.165) is 32.1 Å². The van der Waals surface area contributed by atoms with Crippen molar-refractivity contribution in [2.45, 2.75) is 111 Å². The van der Waals surface area contributed by atoms with E-state index in [-0.39, 0.29) is 16.9 Å². The number of fused-ring (bicyclic) bond motifs is 5. The largest absolute Gasteiger partial charge is 0.393 e. The highest BCUT2D eigenvalue weighted by molar-refractivity contribution is 5.28. The minimum Gasteiger partial charge on any atom is -0.393 e. The second-order valence-electron chi connectivity index (χ2n) is 12.7. The van der Waals surface area contributed by atoms with Crippen molar-refractivity contribution in [3.8, 4) is 0 Å². The van der Waals surface area contributed by atoms with Crippen LogP contribution in [0.25, 0.3) is 0 Å². The molecule has 0 bridgehead atoms. The second kappa shape index (κ2) is 8.32. The van der Waals surface area contributed by atoms with Crippen molar-refractivity contribution in [1.29, 1.82) is 0 Å². The van der Waals surface area contributed by atoms with Crippen LogP contribution in [0.15, 0.2) is 24.3 Å². The Labute approximate surface area is 191 Å². The summed E-state index contributed by atoms with van der Waals surface area (Å²) in [6, 6.07) is 0. The van der Waals surface area contributed by atoms with Crippen LogP contribution in [0.4, 0.5) is 0 Å². The Balaban J connectivity index is 1.54. The van der Waals surface area contributed by atoms with Gasteiger partial charge in [0.05, 0.1) is 11.7 Å². The maximum Gasteiger partial charge on any atom is 0.0737 e. The molecule has 0 spiro atoms. The van der Waals surface area contributed by atoms with Crippen LogP contribution in [0.5, 0.6) is 0 Å². The standard InChI is InChI=1S/C29H48O2/c1-7-21(19(2)3)9-8-20(4)24-14-17-29(31)26-11-10-22-18-23(30)12-15-27(22,5)25(26)13-16-28(24,29)6/h7,10,19-21,23-26,30-31H,1,8-9,11-18H2,2-6H3/t20-,21-,23+,24-,25?,26?,27+,28-,29-/m1/s1. The monoisotopic (exact) mass is 428 g/mol. The molecule has 0 heterocycles. The van der Waals surface area contributed by atoms with Crippen LogP contribution >= 0.6 is 0 Å². The predicted octanol–water partition coefficient (Wildman–Crippen LogP) is 6.92. The molecule has 3 saturated carbocycles. The zero-order chi connectivity index (χ0) is 22.6. The summed E-state index contributed by atoms with van der Waals surface area (Å²) in [5.74, 6) is 3.53. The lowest BCUT2D eigenvalue weighted by Gasteiger charge is -2.61. The van der Waals surface area contributed by atoms with E-state index in [1.807, 2.05) is 0 Å². The van der Waals surface area contributed by atoms with Crippen molar-refractivity contribution in [2.24, 2.45) is 46.3 Å². The molecule has 0 aliphatic heterocycles. The number of hydrogen-bond donors (Lipinski definition) is 2. The van der Waals surface area contributed by atoms with Gasteiger partial charge in [0, 0.05) is 0 Å². The number of aliphatic hydroxyl groups is 2. The molecule has 0 aromatic rings. The van der Waals surface area contributed by atoms with Crippen LogP contribution in [-0.2, 0) is 0 Å². The highest BCUT2D eigenvalue weighted by Gasteiger charge is 2.66. The molecule has 0 saturated heterocycles. The Kier molecular flexibility index (Phi) is 6.32. The predicted molar refractivity (Wildman–Crippen MR) is 130 cm³/mol. The second-order valence-corrected chi connectivity index (χ2v) is 12.7. The highest BCUT2D eigenvalue weighted by Crippen LogP contribution is 2.69. The minimum atomic E-state index is -0.522. The van der Waals surface area contributed by atoms with Crippen molar-refractivity contribution >= 4 is 0 Å². The number of rotatable bonds is 6. The molecule has 2 N–H and O–H groups in total. The first-order chi connectivity index (χ1) is 14.6. The summed E-state index contributed by atoms with van der Waals surface area (Å²) in [7, 11) is 0. The van der Waals surface area contributed by atoms with Crippen LogP contribution in [0.1, 0.15) is 98.8 Å². The van der Waals surface area contributed by atoms with Gasteiger partial charge in [0.25, 0.3) is 0 Å². The average molecular weight is 429 g/mol. The fraction of sp³-hybridized carbons (Fsp3) is 0.862. The van der Waals surface area contributed by atoms with Crippen LogP contribution in [0, 0.1) is 46.3 Å². The first-order valence-electron chi connectivity index (χ1n) is 13.3. The third-order valence-corrected chi connectivity index (χ3v) is 11.1. The molecular formula is C29H48O2. The maximum atomic E-state index is 12.4. The van der Waals surface area contributed by atoms with Crippen LogP contribution < -0.4 is 0 Å². The summed E-state index contributed by atoms with van der Waals surface area (Å²) in [5.41, 5.74) is 1.21. The molecule has 4 aliphatic carbocycles. The normalized spacial score (nSPS) is 46.5. The lowest BCUT2D eigenvalue weighted by atomic mass is 9.45. The van der Waals surface area contributed by atoms with Crippen LogP contribution in [0.2, 0.25) is 0 Å². The topological polar surface area (TPSA) is 40.5 Å². The van der Waals surface area contributed by atoms with Crippen molar-refractivity contribution in [3.63, 3.8) is 0 Å². The van der Waals surface area contributed by atoms with Crippen molar-refractivity contribution in [1.82, 2.24) is 0 Å². The molecule has 2 unspecified atom stereocenters. The van der Waals surface area contributed by atoms with E-state index in [0.29, 0.717) is 35.5 Å². The van der Waals surface area contributed by atoms with Gasteiger partial charge in [-0.15, -0.1) is 6.58 Å².